The number of benzene rings is 1. The minimum absolute atomic E-state index is 0.00729. The van der Waals surface area contributed by atoms with Gasteiger partial charge in [-0.2, -0.15) is 13.2 Å². The third kappa shape index (κ3) is 4.70. The van der Waals surface area contributed by atoms with Gasteiger partial charge in [0, 0.05) is 42.9 Å². The van der Waals surface area contributed by atoms with Crippen LogP contribution in [0.2, 0.25) is 0 Å². The number of aromatic nitrogens is 1. The smallest absolute Gasteiger partial charge is 0.367 e. The number of alkyl halides is 3. The number of pyridine rings is 1. The van der Waals surface area contributed by atoms with Gasteiger partial charge in [-0.1, -0.05) is 0 Å². The second-order valence-corrected chi connectivity index (χ2v) is 10.9. The molecule has 1 aliphatic carbocycles. The Kier molecular flexibility index (Phi) is 6.29. The van der Waals surface area contributed by atoms with Crippen LogP contribution < -0.4 is 10.2 Å². The van der Waals surface area contributed by atoms with Crippen LogP contribution in [0.15, 0.2) is 35.5 Å². The van der Waals surface area contributed by atoms with E-state index in [4.69, 9.17) is 9.52 Å². The molecule has 0 bridgehead atoms. The Labute approximate surface area is 198 Å². The molecule has 2 heterocycles. The van der Waals surface area contributed by atoms with Gasteiger partial charge in [-0.15, -0.1) is 0 Å². The van der Waals surface area contributed by atoms with E-state index >= 15 is 0 Å². The average molecular weight is 519 g/mol. The molecule has 0 radical (unpaired) electrons. The maximum atomic E-state index is 14.7. The summed E-state index contributed by atoms with van der Waals surface area (Å²) < 4.78 is 95.5. The van der Waals surface area contributed by atoms with Crippen LogP contribution in [-0.2, 0) is 19.3 Å². The Hall–Kier alpha value is -2.80. The lowest BCUT2D eigenvalue weighted by atomic mass is 9.99. The zero-order chi connectivity index (χ0) is 25.8. The molecule has 2 N–H and O–H groups in total. The number of rotatable bonds is 6. The van der Waals surface area contributed by atoms with Gasteiger partial charge < -0.3 is 15.0 Å². The highest BCUT2D eigenvalue weighted by Gasteiger charge is 2.63. The molecule has 0 unspecified atom stereocenters. The Morgan fingerprint density at radius 3 is 2.54 bits per heavy atom. The number of carbonyl (C=O) groups is 1. The summed E-state index contributed by atoms with van der Waals surface area (Å²) >= 11 is 0. The molecule has 35 heavy (non-hydrogen) atoms. The molecule has 13 heteroatoms. The number of halogens is 5. The Morgan fingerprint density at radius 1 is 1.29 bits per heavy atom. The molecule has 1 aromatic heterocycles. The monoisotopic (exact) mass is 518 g/mol. The van der Waals surface area contributed by atoms with Gasteiger partial charge >= 0.3 is 6.18 Å². The molecule has 1 aromatic carbocycles. The quantitative estimate of drug-likeness (QED) is 0.552. The zero-order valence-electron chi connectivity index (χ0n) is 18.8. The molecular formula is C22H23F5N4O3S. The van der Waals surface area contributed by atoms with E-state index in [2.05, 4.69) is 10.3 Å². The van der Waals surface area contributed by atoms with Crippen molar-refractivity contribution in [2.75, 3.05) is 30.1 Å². The van der Waals surface area contributed by atoms with Gasteiger partial charge in [0.05, 0.1) is 16.3 Å². The lowest BCUT2D eigenvalue weighted by molar-refractivity contribution is -0.261. The van der Waals surface area contributed by atoms with Crippen molar-refractivity contribution in [1.82, 2.24) is 4.98 Å². The molecule has 0 spiro atoms. The van der Waals surface area contributed by atoms with Gasteiger partial charge in [0.15, 0.2) is 17.2 Å². The minimum Gasteiger partial charge on any atom is -0.367 e. The summed E-state index contributed by atoms with van der Waals surface area (Å²) in [7, 11) is -2.32. The molecule has 2 fully saturated rings. The fourth-order valence-electron chi connectivity index (χ4n) is 4.32. The van der Waals surface area contributed by atoms with E-state index < -0.39 is 58.1 Å². The summed E-state index contributed by atoms with van der Waals surface area (Å²) in [6.45, 7) is -0.799. The van der Waals surface area contributed by atoms with Crippen molar-refractivity contribution in [3.05, 3.63) is 47.7 Å². The highest BCUT2D eigenvalue weighted by atomic mass is 32.2. The van der Waals surface area contributed by atoms with Crippen molar-refractivity contribution >= 4 is 27.0 Å². The fraction of sp³-hybridized carbons (Fsp3) is 0.455. The molecule has 7 nitrogen and oxygen atoms in total. The van der Waals surface area contributed by atoms with Gasteiger partial charge in [0.1, 0.15) is 11.1 Å². The zero-order valence-corrected chi connectivity index (χ0v) is 19.6. The lowest BCUT2D eigenvalue weighted by Gasteiger charge is -2.31. The van der Waals surface area contributed by atoms with Gasteiger partial charge in [-0.25, -0.2) is 22.8 Å². The van der Waals surface area contributed by atoms with E-state index in [-0.39, 0.29) is 27.9 Å². The summed E-state index contributed by atoms with van der Waals surface area (Å²) in [5.41, 5.74) is -2.68. The van der Waals surface area contributed by atoms with E-state index in [1.807, 2.05) is 0 Å². The summed E-state index contributed by atoms with van der Waals surface area (Å²) in [4.78, 5) is 18.2. The summed E-state index contributed by atoms with van der Waals surface area (Å²) in [5, 5.41) is 2.37. The number of hydrogen-bond donors (Lipinski definition) is 2. The molecule has 1 aliphatic heterocycles. The van der Waals surface area contributed by atoms with Crippen molar-refractivity contribution in [1.29, 1.82) is 4.78 Å². The van der Waals surface area contributed by atoms with Crippen LogP contribution in [0.1, 0.15) is 30.7 Å². The molecule has 190 valence electrons. The summed E-state index contributed by atoms with van der Waals surface area (Å²) in [6, 6.07) is 3.11. The normalized spacial score (nSPS) is 24.3. The van der Waals surface area contributed by atoms with Crippen molar-refractivity contribution in [2.45, 2.75) is 48.0 Å². The van der Waals surface area contributed by atoms with Gasteiger partial charge in [-0.3, -0.25) is 4.79 Å². The molecule has 1 amide bonds. The number of ether oxygens (including phenoxy) is 1. The second kappa shape index (κ2) is 8.70. The first-order chi connectivity index (χ1) is 16.3. The molecule has 1 saturated carbocycles. The second-order valence-electron chi connectivity index (χ2n) is 8.83. The van der Waals surface area contributed by atoms with Crippen molar-refractivity contribution in [2.24, 2.45) is 0 Å². The Balaban J connectivity index is 1.75. The predicted octanol–water partition coefficient (Wildman–Crippen LogP) is 4.44. The molecule has 4 rings (SSSR count). The van der Waals surface area contributed by atoms with E-state index in [0.29, 0.717) is 12.8 Å². The number of carbonyl (C=O) groups excluding carboxylic acids is 1. The first kappa shape index (κ1) is 25.3. The number of nitrogens with one attached hydrogen (secondary N) is 2. The first-order valence-electron chi connectivity index (χ1n) is 10.6. The lowest BCUT2D eigenvalue weighted by Crippen LogP contribution is -2.49. The standard InChI is InChI=1S/C22H23F5N4O3S/c1-34-21(22(25,26)27)10-16(20(32)30-13-7-8-29-17(9-13)35(2,28)33)31(11-21)15-6-5-14(23)19(24)18(15)12-3-4-12/h5-9,12,16,28H,3-4,10-11H2,1-2H3,(H,29,30,32)/t16-,21+,35+/m0/s1. The number of methoxy groups -OCH3 is 1. The van der Waals surface area contributed by atoms with Gasteiger partial charge in [-0.05, 0) is 43.0 Å². The van der Waals surface area contributed by atoms with Crippen molar-refractivity contribution < 1.29 is 35.7 Å². The molecule has 1 saturated heterocycles. The van der Waals surface area contributed by atoms with Crippen LogP contribution in [0, 0.1) is 16.4 Å². The number of nitrogens with zero attached hydrogens (tertiary/aromatic N) is 2. The topological polar surface area (TPSA) is 95.4 Å². The van der Waals surface area contributed by atoms with Crippen LogP contribution in [0.3, 0.4) is 0 Å². The Bertz CT molecular complexity index is 1270. The third-order valence-electron chi connectivity index (χ3n) is 6.34. The maximum absolute atomic E-state index is 14.7. The third-order valence-corrected chi connectivity index (χ3v) is 7.36. The molecular weight excluding hydrogens is 495 g/mol. The summed E-state index contributed by atoms with van der Waals surface area (Å²) in [5.74, 6) is -3.47. The summed E-state index contributed by atoms with van der Waals surface area (Å²) in [6.07, 6.45) is -2.19. The molecule has 3 atom stereocenters. The maximum Gasteiger partial charge on any atom is 0.419 e. The van der Waals surface area contributed by atoms with Gasteiger partial charge in [0.25, 0.3) is 0 Å². The minimum atomic E-state index is -4.85. The van der Waals surface area contributed by atoms with Crippen LogP contribution in [0.25, 0.3) is 0 Å². The SMILES string of the molecule is CO[C@]1(C(F)(F)F)C[C@@H](C(=O)Nc2ccnc([S@](C)(=N)=O)c2)N(c2ccc(F)c(F)c2C2CC2)C1. The van der Waals surface area contributed by atoms with Crippen LogP contribution in [-0.4, -0.2) is 52.8 Å². The number of hydrogen-bond acceptors (Lipinski definition) is 6. The van der Waals surface area contributed by atoms with Crippen LogP contribution in [0.5, 0.6) is 0 Å². The van der Waals surface area contributed by atoms with E-state index in [0.717, 1.165) is 24.3 Å². The fourth-order valence-corrected chi connectivity index (χ4v) is 4.94. The number of anilines is 2. The Morgan fingerprint density at radius 2 is 1.97 bits per heavy atom. The van der Waals surface area contributed by atoms with E-state index in [9.17, 15) is 31.0 Å². The van der Waals surface area contributed by atoms with Crippen LogP contribution >= 0.6 is 0 Å². The largest absolute Gasteiger partial charge is 0.419 e. The predicted molar refractivity (Wildman–Crippen MR) is 118 cm³/mol. The number of amides is 1. The molecule has 2 aliphatic rings. The highest BCUT2D eigenvalue weighted by Crippen LogP contribution is 2.50. The first-order valence-corrected chi connectivity index (χ1v) is 12.6. The van der Waals surface area contributed by atoms with E-state index in [1.165, 1.54) is 24.4 Å². The van der Waals surface area contributed by atoms with Crippen LogP contribution in [0.4, 0.5) is 33.3 Å². The van der Waals surface area contributed by atoms with Crippen molar-refractivity contribution in [3.8, 4) is 0 Å². The van der Waals surface area contributed by atoms with Crippen molar-refractivity contribution in [3.63, 3.8) is 0 Å². The van der Waals surface area contributed by atoms with E-state index in [1.54, 1.807) is 0 Å². The highest BCUT2D eigenvalue weighted by molar-refractivity contribution is 7.91. The average Bonchev–Trinajstić information content (AvgIpc) is 3.52. The van der Waals surface area contributed by atoms with Gasteiger partial charge in [0.2, 0.25) is 5.91 Å². The molecule has 2 aromatic rings.